The Labute approximate surface area is 208 Å². The van der Waals surface area contributed by atoms with Crippen molar-refractivity contribution < 1.29 is 10.2 Å². The third-order valence-corrected chi connectivity index (χ3v) is 7.76. The standard InChI is InChI=1S/C30H61NO2/c1-3-5-7-9-11-13-15-20-24-29(32)26-31(28-22-18-17-19-23-28)27-30(33)25-21-16-14-12-10-8-6-4-2/h28-30,32-33H,3-27H2,1-2H3. The van der Waals surface area contributed by atoms with Gasteiger partial charge in [-0.3, -0.25) is 4.90 Å². The van der Waals surface area contributed by atoms with E-state index in [-0.39, 0.29) is 12.2 Å². The van der Waals surface area contributed by atoms with Crippen LogP contribution in [-0.2, 0) is 0 Å². The van der Waals surface area contributed by atoms with Crippen LogP contribution in [0.15, 0.2) is 0 Å². The zero-order valence-corrected chi connectivity index (χ0v) is 22.8. The quantitative estimate of drug-likeness (QED) is 0.148. The van der Waals surface area contributed by atoms with Crippen LogP contribution in [0.25, 0.3) is 0 Å². The zero-order chi connectivity index (χ0) is 24.0. The number of aliphatic hydroxyl groups excluding tert-OH is 2. The van der Waals surface area contributed by atoms with Gasteiger partial charge in [0.15, 0.2) is 0 Å². The topological polar surface area (TPSA) is 43.7 Å². The number of hydrogen-bond donors (Lipinski definition) is 2. The summed E-state index contributed by atoms with van der Waals surface area (Å²) in [6, 6.07) is 0.570. The predicted molar refractivity (Wildman–Crippen MR) is 145 cm³/mol. The van der Waals surface area contributed by atoms with Crippen LogP contribution >= 0.6 is 0 Å². The zero-order valence-electron chi connectivity index (χ0n) is 22.8. The van der Waals surface area contributed by atoms with Gasteiger partial charge >= 0.3 is 0 Å². The van der Waals surface area contributed by atoms with Crippen LogP contribution in [0.1, 0.15) is 162 Å². The summed E-state index contributed by atoms with van der Waals surface area (Å²) in [5.41, 5.74) is 0. The Kier molecular flexibility index (Phi) is 20.9. The molecule has 0 heterocycles. The van der Waals surface area contributed by atoms with Crippen LogP contribution < -0.4 is 0 Å². The maximum atomic E-state index is 10.7. The number of nitrogens with zero attached hydrogens (tertiary/aromatic N) is 1. The normalized spacial score (nSPS) is 17.0. The van der Waals surface area contributed by atoms with Crippen molar-refractivity contribution in [3.05, 3.63) is 0 Å². The lowest BCUT2D eigenvalue weighted by molar-refractivity contribution is 0.0280. The fraction of sp³-hybridized carbons (Fsp3) is 1.00. The van der Waals surface area contributed by atoms with E-state index in [0.29, 0.717) is 6.04 Å². The average Bonchev–Trinajstić information content (AvgIpc) is 2.82. The van der Waals surface area contributed by atoms with E-state index in [9.17, 15) is 10.2 Å². The van der Waals surface area contributed by atoms with Gasteiger partial charge in [-0.05, 0) is 25.7 Å². The third-order valence-electron chi connectivity index (χ3n) is 7.76. The highest BCUT2D eigenvalue weighted by molar-refractivity contribution is 4.80. The number of rotatable bonds is 23. The van der Waals surface area contributed by atoms with E-state index >= 15 is 0 Å². The summed E-state index contributed by atoms with van der Waals surface area (Å²) in [7, 11) is 0. The smallest absolute Gasteiger partial charge is 0.0667 e. The largest absolute Gasteiger partial charge is 0.392 e. The molecule has 33 heavy (non-hydrogen) atoms. The molecule has 0 aliphatic heterocycles. The van der Waals surface area contributed by atoms with E-state index in [0.717, 1.165) is 38.8 Å². The molecule has 1 fully saturated rings. The van der Waals surface area contributed by atoms with E-state index in [1.165, 1.54) is 122 Å². The van der Waals surface area contributed by atoms with Crippen LogP contribution in [-0.4, -0.2) is 46.5 Å². The molecule has 0 aromatic rings. The third kappa shape index (κ3) is 17.9. The molecule has 2 unspecified atom stereocenters. The number of unbranched alkanes of at least 4 members (excludes halogenated alkanes) is 14. The molecule has 0 aromatic carbocycles. The molecule has 198 valence electrons. The van der Waals surface area contributed by atoms with E-state index in [2.05, 4.69) is 18.7 Å². The first-order valence-electron chi connectivity index (χ1n) is 15.3. The molecular weight excluding hydrogens is 406 g/mol. The van der Waals surface area contributed by atoms with Crippen molar-refractivity contribution in [1.82, 2.24) is 4.90 Å². The molecule has 1 aliphatic carbocycles. The summed E-state index contributed by atoms with van der Waals surface area (Å²) in [6.45, 7) is 6.06. The van der Waals surface area contributed by atoms with Gasteiger partial charge in [-0.25, -0.2) is 0 Å². The molecule has 0 aromatic heterocycles. The van der Waals surface area contributed by atoms with Gasteiger partial charge in [-0.1, -0.05) is 136 Å². The number of aliphatic hydroxyl groups is 2. The molecule has 3 nitrogen and oxygen atoms in total. The van der Waals surface area contributed by atoms with Crippen molar-refractivity contribution >= 4 is 0 Å². The first-order chi connectivity index (χ1) is 16.2. The Bertz CT molecular complexity index is 369. The molecule has 0 amide bonds. The van der Waals surface area contributed by atoms with Crippen LogP contribution in [0.2, 0.25) is 0 Å². The molecule has 0 bridgehead atoms. The predicted octanol–water partition coefficient (Wildman–Crippen LogP) is 8.40. The summed E-state index contributed by atoms with van der Waals surface area (Å²) in [4.78, 5) is 2.46. The van der Waals surface area contributed by atoms with Gasteiger partial charge < -0.3 is 10.2 Å². The molecule has 0 saturated heterocycles. The molecule has 2 atom stereocenters. The Morgan fingerprint density at radius 2 is 0.909 bits per heavy atom. The van der Waals surface area contributed by atoms with Crippen LogP contribution in [0.4, 0.5) is 0 Å². The highest BCUT2D eigenvalue weighted by Crippen LogP contribution is 2.24. The molecule has 3 heteroatoms. The van der Waals surface area contributed by atoms with Crippen LogP contribution in [0.5, 0.6) is 0 Å². The fourth-order valence-electron chi connectivity index (χ4n) is 5.57. The van der Waals surface area contributed by atoms with Crippen molar-refractivity contribution in [1.29, 1.82) is 0 Å². The van der Waals surface area contributed by atoms with Gasteiger partial charge in [0.1, 0.15) is 0 Å². The fourth-order valence-corrected chi connectivity index (χ4v) is 5.57. The first-order valence-corrected chi connectivity index (χ1v) is 15.3. The second-order valence-corrected chi connectivity index (χ2v) is 11.1. The lowest BCUT2D eigenvalue weighted by atomic mass is 9.93. The van der Waals surface area contributed by atoms with Crippen LogP contribution in [0.3, 0.4) is 0 Å². The Hall–Kier alpha value is -0.120. The van der Waals surface area contributed by atoms with E-state index in [4.69, 9.17) is 0 Å². The molecule has 1 aliphatic rings. The van der Waals surface area contributed by atoms with Crippen molar-refractivity contribution in [2.45, 2.75) is 180 Å². The minimum absolute atomic E-state index is 0.234. The van der Waals surface area contributed by atoms with Crippen molar-refractivity contribution in [2.75, 3.05) is 13.1 Å². The average molecular weight is 468 g/mol. The molecule has 1 rings (SSSR count). The van der Waals surface area contributed by atoms with Gasteiger partial charge in [-0.2, -0.15) is 0 Å². The van der Waals surface area contributed by atoms with Crippen molar-refractivity contribution in [3.8, 4) is 0 Å². The molecular formula is C30H61NO2. The SMILES string of the molecule is CCCCCCCCCCC(O)CN(CC(O)CCCCCCCCCC)C1CCCCC1. The first kappa shape index (κ1) is 30.9. The van der Waals surface area contributed by atoms with E-state index < -0.39 is 0 Å². The minimum Gasteiger partial charge on any atom is -0.392 e. The van der Waals surface area contributed by atoms with E-state index in [1.807, 2.05) is 0 Å². The Balaban J connectivity index is 2.23. The van der Waals surface area contributed by atoms with Gasteiger partial charge in [0.05, 0.1) is 12.2 Å². The lowest BCUT2D eigenvalue weighted by Gasteiger charge is -2.37. The Morgan fingerprint density at radius 1 is 0.545 bits per heavy atom. The van der Waals surface area contributed by atoms with E-state index in [1.54, 1.807) is 0 Å². The minimum atomic E-state index is -0.234. The van der Waals surface area contributed by atoms with Gasteiger partial charge in [0.25, 0.3) is 0 Å². The lowest BCUT2D eigenvalue weighted by Crippen LogP contribution is -2.45. The maximum absolute atomic E-state index is 10.7. The summed E-state index contributed by atoms with van der Waals surface area (Å²) < 4.78 is 0. The van der Waals surface area contributed by atoms with Crippen LogP contribution in [0, 0.1) is 0 Å². The second-order valence-electron chi connectivity index (χ2n) is 11.1. The molecule has 1 saturated carbocycles. The highest BCUT2D eigenvalue weighted by Gasteiger charge is 2.25. The van der Waals surface area contributed by atoms with Crippen molar-refractivity contribution in [3.63, 3.8) is 0 Å². The molecule has 0 spiro atoms. The van der Waals surface area contributed by atoms with Gasteiger partial charge in [0.2, 0.25) is 0 Å². The summed E-state index contributed by atoms with van der Waals surface area (Å²) in [5, 5.41) is 21.5. The number of hydrogen-bond acceptors (Lipinski definition) is 3. The Morgan fingerprint density at radius 3 is 1.30 bits per heavy atom. The molecule has 0 radical (unpaired) electrons. The summed E-state index contributed by atoms with van der Waals surface area (Å²) >= 11 is 0. The molecule has 2 N–H and O–H groups in total. The summed E-state index contributed by atoms with van der Waals surface area (Å²) in [6.07, 6.45) is 28.9. The second kappa shape index (κ2) is 22.4. The monoisotopic (exact) mass is 467 g/mol. The maximum Gasteiger partial charge on any atom is 0.0667 e. The van der Waals surface area contributed by atoms with Gasteiger partial charge in [0, 0.05) is 19.1 Å². The highest BCUT2D eigenvalue weighted by atomic mass is 16.3. The van der Waals surface area contributed by atoms with Crippen molar-refractivity contribution in [2.24, 2.45) is 0 Å². The summed E-state index contributed by atoms with van der Waals surface area (Å²) in [5.74, 6) is 0. The van der Waals surface area contributed by atoms with Gasteiger partial charge in [-0.15, -0.1) is 0 Å².